The van der Waals surface area contributed by atoms with Gasteiger partial charge in [-0.15, -0.1) is 6.58 Å². The molecular weight excluding hydrogens is 695 g/mol. The highest BCUT2D eigenvalue weighted by molar-refractivity contribution is 6.06. The number of amides is 3. The lowest BCUT2D eigenvalue weighted by Gasteiger charge is -2.39. The Morgan fingerprint density at radius 3 is 2.33 bits per heavy atom. The van der Waals surface area contributed by atoms with Gasteiger partial charge in [0.2, 0.25) is 5.91 Å². The first-order valence-electron chi connectivity index (χ1n) is 19.2. The monoisotopic (exact) mass is 743 g/mol. The van der Waals surface area contributed by atoms with Crippen LogP contribution in [0.5, 0.6) is 0 Å². The largest absolute Gasteiger partial charge is 0.445 e. The van der Waals surface area contributed by atoms with Crippen LogP contribution in [0.1, 0.15) is 78.7 Å². The molecule has 10 heteroatoms. The predicted octanol–water partition coefficient (Wildman–Crippen LogP) is 7.38. The number of carbonyl (C=O) groups is 3. The topological polar surface area (TPSA) is 118 Å². The van der Waals surface area contributed by atoms with Crippen LogP contribution in [0, 0.1) is 0 Å². The van der Waals surface area contributed by atoms with E-state index in [1.165, 1.54) is 30.6 Å². The molecule has 4 aromatic carbocycles. The molecule has 1 saturated carbocycles. The first-order chi connectivity index (χ1) is 26.9. The van der Waals surface area contributed by atoms with Crippen molar-refractivity contribution in [3.63, 3.8) is 0 Å². The number of alkyl carbamates (subject to hydrolysis) is 1. The zero-order chi connectivity index (χ0) is 38.1. The highest BCUT2D eigenvalue weighted by atomic mass is 16.7. The van der Waals surface area contributed by atoms with E-state index >= 15 is 0 Å². The number of hydrogen-bond donors (Lipinski definition) is 2. The van der Waals surface area contributed by atoms with Crippen molar-refractivity contribution in [3.8, 4) is 11.1 Å². The molecule has 1 aliphatic carbocycles. The van der Waals surface area contributed by atoms with Gasteiger partial charge in [-0.1, -0.05) is 122 Å². The van der Waals surface area contributed by atoms with Crippen molar-refractivity contribution in [1.82, 2.24) is 15.1 Å². The third-order valence-corrected chi connectivity index (χ3v) is 10.8. The SMILES string of the molecule is C=CCN(C[C@@H]1C[C@H](c2ccc(CO)cc2)O[C@H](c2ccc(-c3ccccc3CN3C(=O)CC(NC(=O)OCc4ccccc4)C3=O)cc2)O1)C1CCCC1. The Kier molecular flexibility index (Phi) is 12.5. The van der Waals surface area contributed by atoms with Gasteiger partial charge in [0.25, 0.3) is 5.91 Å². The number of aliphatic hydroxyl groups is 1. The van der Waals surface area contributed by atoms with Crippen molar-refractivity contribution in [2.24, 2.45) is 0 Å². The molecule has 0 bridgehead atoms. The summed E-state index contributed by atoms with van der Waals surface area (Å²) < 4.78 is 18.6. The van der Waals surface area contributed by atoms with E-state index in [1.54, 1.807) is 0 Å². The number of imide groups is 1. The first-order valence-corrected chi connectivity index (χ1v) is 19.2. The zero-order valence-corrected chi connectivity index (χ0v) is 31.1. The van der Waals surface area contributed by atoms with Crippen molar-refractivity contribution in [2.75, 3.05) is 13.1 Å². The van der Waals surface area contributed by atoms with Crippen LogP contribution in [0.25, 0.3) is 11.1 Å². The van der Waals surface area contributed by atoms with Crippen LogP contribution < -0.4 is 5.32 Å². The van der Waals surface area contributed by atoms with Gasteiger partial charge < -0.3 is 24.6 Å². The van der Waals surface area contributed by atoms with Gasteiger partial charge in [0, 0.05) is 31.1 Å². The summed E-state index contributed by atoms with van der Waals surface area (Å²) in [6.07, 6.45) is 5.84. The smallest absolute Gasteiger partial charge is 0.408 e. The van der Waals surface area contributed by atoms with Crippen molar-refractivity contribution < 1.29 is 33.7 Å². The van der Waals surface area contributed by atoms with Crippen LogP contribution in [0.3, 0.4) is 0 Å². The lowest BCUT2D eigenvalue weighted by molar-refractivity contribution is -0.253. The third kappa shape index (κ3) is 9.40. The Morgan fingerprint density at radius 1 is 0.891 bits per heavy atom. The van der Waals surface area contributed by atoms with E-state index < -0.39 is 24.3 Å². The van der Waals surface area contributed by atoms with Gasteiger partial charge >= 0.3 is 6.09 Å². The average Bonchev–Trinajstić information content (AvgIpc) is 3.85. The fourth-order valence-corrected chi connectivity index (χ4v) is 7.90. The van der Waals surface area contributed by atoms with Crippen LogP contribution in [0.15, 0.2) is 116 Å². The molecule has 4 atom stereocenters. The van der Waals surface area contributed by atoms with Crippen molar-refractivity contribution in [1.29, 1.82) is 0 Å². The van der Waals surface area contributed by atoms with E-state index in [0.29, 0.717) is 12.5 Å². The maximum atomic E-state index is 13.4. The second-order valence-corrected chi connectivity index (χ2v) is 14.6. The van der Waals surface area contributed by atoms with E-state index in [2.05, 4.69) is 16.8 Å². The third-order valence-electron chi connectivity index (χ3n) is 10.8. The van der Waals surface area contributed by atoms with Crippen molar-refractivity contribution in [3.05, 3.63) is 144 Å². The summed E-state index contributed by atoms with van der Waals surface area (Å²) in [5, 5.41) is 12.2. The fourth-order valence-electron chi connectivity index (χ4n) is 7.90. The molecule has 2 N–H and O–H groups in total. The van der Waals surface area contributed by atoms with E-state index in [9.17, 15) is 19.5 Å². The number of rotatable bonds is 14. The van der Waals surface area contributed by atoms with Gasteiger partial charge in [0.05, 0.1) is 31.8 Å². The molecule has 0 spiro atoms. The van der Waals surface area contributed by atoms with E-state index in [0.717, 1.165) is 52.0 Å². The zero-order valence-electron chi connectivity index (χ0n) is 31.1. The van der Waals surface area contributed by atoms with Crippen LogP contribution in [0.2, 0.25) is 0 Å². The Balaban J connectivity index is 1.04. The molecule has 2 saturated heterocycles. The molecule has 0 radical (unpaired) electrons. The number of aliphatic hydroxyl groups excluding tert-OH is 1. The molecule has 0 aromatic heterocycles. The minimum atomic E-state index is -0.986. The van der Waals surface area contributed by atoms with Gasteiger partial charge in [0.15, 0.2) is 6.29 Å². The standard InChI is InChI=1S/C45H49N3O7/c1-2-24-47(37-13-7-8-14-37)28-38-25-41(34-18-16-31(29-49)17-19-34)55-44(54-38)35-22-20-33(21-23-35)39-15-9-6-12-36(39)27-48-42(50)26-40(43(48)51)46-45(52)53-30-32-10-4-3-5-11-32/h2-6,9-12,15-23,37-38,40-41,44,49H,1,7-8,13-14,24-30H2,(H,46,52)/t38-,40?,41+,44+/m0/s1. The molecule has 55 heavy (non-hydrogen) atoms. The molecule has 2 aliphatic heterocycles. The van der Waals surface area contributed by atoms with Crippen molar-refractivity contribution >= 4 is 17.9 Å². The Hall–Kier alpha value is -5.13. The molecule has 2 heterocycles. The lowest BCUT2D eigenvalue weighted by Crippen LogP contribution is -2.43. The molecule has 286 valence electrons. The van der Waals surface area contributed by atoms with Gasteiger partial charge in [-0.25, -0.2) is 4.79 Å². The first kappa shape index (κ1) is 38.2. The normalized spacial score (nSPS) is 21.6. The Morgan fingerprint density at radius 2 is 1.60 bits per heavy atom. The number of benzene rings is 4. The summed E-state index contributed by atoms with van der Waals surface area (Å²) >= 11 is 0. The quantitative estimate of drug-likeness (QED) is 0.102. The summed E-state index contributed by atoms with van der Waals surface area (Å²) in [5.74, 6) is -0.821. The Bertz CT molecular complexity index is 1930. The van der Waals surface area contributed by atoms with Gasteiger partial charge in [-0.3, -0.25) is 19.4 Å². The number of carbonyl (C=O) groups excluding carboxylic acids is 3. The minimum Gasteiger partial charge on any atom is -0.445 e. The second kappa shape index (κ2) is 18.0. The van der Waals surface area contributed by atoms with Crippen LogP contribution in [-0.4, -0.2) is 64.1 Å². The predicted molar refractivity (Wildman–Crippen MR) is 208 cm³/mol. The molecule has 10 nitrogen and oxygen atoms in total. The summed E-state index contributed by atoms with van der Waals surface area (Å²) in [4.78, 5) is 42.6. The van der Waals surface area contributed by atoms with Crippen molar-refractivity contribution in [2.45, 2.75) is 88.9 Å². The highest BCUT2D eigenvalue weighted by Gasteiger charge is 2.40. The Labute approximate surface area is 322 Å². The molecule has 4 aromatic rings. The van der Waals surface area contributed by atoms with E-state index in [-0.39, 0.29) is 44.3 Å². The second-order valence-electron chi connectivity index (χ2n) is 14.6. The van der Waals surface area contributed by atoms with Crippen LogP contribution in [0.4, 0.5) is 4.79 Å². The summed E-state index contributed by atoms with van der Waals surface area (Å²) in [7, 11) is 0. The summed E-state index contributed by atoms with van der Waals surface area (Å²) in [5.41, 5.74) is 6.21. The van der Waals surface area contributed by atoms with E-state index in [1.807, 2.05) is 109 Å². The lowest BCUT2D eigenvalue weighted by atomic mass is 9.97. The summed E-state index contributed by atoms with van der Waals surface area (Å²) in [6, 6.07) is 32.5. The number of nitrogens with zero attached hydrogens (tertiary/aromatic N) is 2. The molecule has 3 fully saturated rings. The molecule has 7 rings (SSSR count). The maximum Gasteiger partial charge on any atom is 0.408 e. The number of nitrogens with one attached hydrogen (secondary N) is 1. The number of likely N-dealkylation sites (tertiary alicyclic amines) is 1. The molecular formula is C45H49N3O7. The van der Waals surface area contributed by atoms with Crippen LogP contribution in [-0.2, 0) is 43.6 Å². The molecule has 1 unspecified atom stereocenters. The average molecular weight is 744 g/mol. The van der Waals surface area contributed by atoms with Gasteiger partial charge in [0.1, 0.15) is 12.6 Å². The summed E-state index contributed by atoms with van der Waals surface area (Å²) in [6.45, 7) is 5.74. The van der Waals surface area contributed by atoms with E-state index in [4.69, 9.17) is 14.2 Å². The molecule has 3 amide bonds. The minimum absolute atomic E-state index is 0.0120. The fraction of sp³-hybridized carbons (Fsp3) is 0.356. The van der Waals surface area contributed by atoms with Gasteiger partial charge in [-0.05, 0) is 46.2 Å². The van der Waals surface area contributed by atoms with Crippen LogP contribution >= 0.6 is 0 Å². The maximum absolute atomic E-state index is 13.4. The number of ether oxygens (including phenoxy) is 3. The van der Waals surface area contributed by atoms with Gasteiger partial charge in [-0.2, -0.15) is 0 Å². The number of hydrogen-bond acceptors (Lipinski definition) is 8. The highest BCUT2D eigenvalue weighted by Crippen LogP contribution is 2.39. The molecule has 3 aliphatic rings.